The first-order chi connectivity index (χ1) is 9.31. The van der Waals surface area contributed by atoms with Gasteiger partial charge in [0.05, 0.1) is 0 Å². The summed E-state index contributed by atoms with van der Waals surface area (Å²) in [5.74, 6) is -5.14. The van der Waals surface area contributed by atoms with Crippen molar-refractivity contribution in [2.24, 2.45) is 0 Å². The second-order valence-electron chi connectivity index (χ2n) is 3.91. The summed E-state index contributed by atoms with van der Waals surface area (Å²) in [5.41, 5.74) is 0. The number of carboxylic acids is 1. The summed E-state index contributed by atoms with van der Waals surface area (Å²) in [6.45, 7) is -1.95. The molecule has 0 bridgehead atoms. The van der Waals surface area contributed by atoms with Crippen molar-refractivity contribution in [3.05, 3.63) is 11.7 Å². The zero-order valence-electron chi connectivity index (χ0n) is 10.2. The Balaban J connectivity index is 2.32. The van der Waals surface area contributed by atoms with Crippen LogP contribution in [0.1, 0.15) is 24.6 Å². The summed E-state index contributed by atoms with van der Waals surface area (Å²) >= 11 is 0. The number of ether oxygens (including phenoxy) is 1. The van der Waals surface area contributed by atoms with Crippen molar-refractivity contribution in [1.29, 1.82) is 0 Å². The van der Waals surface area contributed by atoms with Gasteiger partial charge in [-0.15, -0.1) is 0 Å². The molecule has 6 nitrogen and oxygen atoms in total. The fourth-order valence-corrected chi connectivity index (χ4v) is 1.18. The van der Waals surface area contributed by atoms with E-state index in [-0.39, 0.29) is 31.0 Å². The van der Waals surface area contributed by atoms with Gasteiger partial charge in [0.15, 0.2) is 5.82 Å². The molecular weight excluding hydrogens is 288 g/mol. The number of rotatable bonds is 9. The van der Waals surface area contributed by atoms with Crippen LogP contribution in [0.2, 0.25) is 0 Å². The molecule has 114 valence electrons. The monoisotopic (exact) mass is 300 g/mol. The predicted molar refractivity (Wildman–Crippen MR) is 55.5 cm³/mol. The van der Waals surface area contributed by atoms with E-state index in [0.29, 0.717) is 0 Å². The molecule has 0 saturated heterocycles. The summed E-state index contributed by atoms with van der Waals surface area (Å²) < 4.78 is 57.7. The Morgan fingerprint density at radius 3 is 2.75 bits per heavy atom. The summed E-state index contributed by atoms with van der Waals surface area (Å²) in [6.07, 6.45) is -3.39. The third-order valence-corrected chi connectivity index (χ3v) is 2.14. The fraction of sp³-hybridized carbons (Fsp3) is 0.700. The molecule has 0 aliphatic heterocycles. The van der Waals surface area contributed by atoms with Crippen molar-refractivity contribution in [3.8, 4) is 0 Å². The standard InChI is InChI=1S/C10H12F4N2O4/c11-9(12)10(13,14)5-19-4-6-15-7(20-16-6)2-1-3-8(17)18/h9H,1-5H2,(H,17,18). The highest BCUT2D eigenvalue weighted by Crippen LogP contribution is 2.23. The van der Waals surface area contributed by atoms with E-state index < -0.39 is 31.5 Å². The minimum absolute atomic E-state index is 0.0691. The van der Waals surface area contributed by atoms with Crippen LogP contribution in [0.4, 0.5) is 17.6 Å². The molecule has 0 aliphatic rings. The number of hydrogen-bond acceptors (Lipinski definition) is 5. The van der Waals surface area contributed by atoms with Gasteiger partial charge >= 0.3 is 18.3 Å². The number of halogens is 4. The molecule has 0 fully saturated rings. The number of carboxylic acid groups (broad SMARTS) is 1. The molecule has 0 aromatic carbocycles. The molecule has 1 aromatic heterocycles. The topological polar surface area (TPSA) is 85.5 Å². The van der Waals surface area contributed by atoms with Crippen LogP contribution < -0.4 is 0 Å². The molecule has 0 spiro atoms. The highest BCUT2D eigenvalue weighted by molar-refractivity contribution is 5.66. The van der Waals surface area contributed by atoms with E-state index in [1.54, 1.807) is 0 Å². The van der Waals surface area contributed by atoms with Gasteiger partial charge in [-0.3, -0.25) is 4.79 Å². The molecule has 0 saturated carbocycles. The minimum Gasteiger partial charge on any atom is -0.481 e. The smallest absolute Gasteiger partial charge is 0.330 e. The first-order valence-electron chi connectivity index (χ1n) is 5.58. The summed E-state index contributed by atoms with van der Waals surface area (Å²) in [7, 11) is 0. The van der Waals surface area contributed by atoms with Gasteiger partial charge in [0.1, 0.15) is 13.2 Å². The van der Waals surface area contributed by atoms with Crippen molar-refractivity contribution in [2.45, 2.75) is 38.2 Å². The van der Waals surface area contributed by atoms with Crippen LogP contribution in [-0.2, 0) is 22.6 Å². The van der Waals surface area contributed by atoms with Crippen LogP contribution in [-0.4, -0.2) is 40.2 Å². The molecule has 10 heteroatoms. The zero-order chi connectivity index (χ0) is 15.2. The Morgan fingerprint density at radius 2 is 2.15 bits per heavy atom. The third kappa shape index (κ3) is 5.51. The van der Waals surface area contributed by atoms with E-state index in [1.807, 2.05) is 0 Å². The number of aliphatic carboxylic acids is 1. The van der Waals surface area contributed by atoms with Crippen LogP contribution in [0.3, 0.4) is 0 Å². The molecule has 1 rings (SSSR count). The predicted octanol–water partition coefficient (Wildman–Crippen LogP) is 1.89. The first-order valence-corrected chi connectivity index (χ1v) is 5.58. The SMILES string of the molecule is O=C(O)CCCc1nc(COCC(F)(F)C(F)F)no1. The van der Waals surface area contributed by atoms with Crippen molar-refractivity contribution in [3.63, 3.8) is 0 Å². The van der Waals surface area contributed by atoms with E-state index in [9.17, 15) is 22.4 Å². The summed E-state index contributed by atoms with van der Waals surface area (Å²) in [5, 5.41) is 11.8. The highest BCUT2D eigenvalue weighted by Gasteiger charge is 2.41. The minimum atomic E-state index is -4.23. The van der Waals surface area contributed by atoms with E-state index in [1.165, 1.54) is 0 Å². The summed E-state index contributed by atoms with van der Waals surface area (Å²) in [4.78, 5) is 14.0. The first kappa shape index (κ1) is 16.3. The van der Waals surface area contributed by atoms with Crippen LogP contribution in [0.25, 0.3) is 0 Å². The number of aryl methyl sites for hydroxylation is 1. The lowest BCUT2D eigenvalue weighted by molar-refractivity contribution is -0.168. The number of aromatic nitrogens is 2. The van der Waals surface area contributed by atoms with Gasteiger partial charge in [0.25, 0.3) is 0 Å². The molecule has 0 aliphatic carbocycles. The van der Waals surface area contributed by atoms with Crippen molar-refractivity contribution in [1.82, 2.24) is 10.1 Å². The lowest BCUT2D eigenvalue weighted by atomic mass is 10.2. The van der Waals surface area contributed by atoms with Crippen molar-refractivity contribution in [2.75, 3.05) is 6.61 Å². The number of carbonyl (C=O) groups is 1. The number of nitrogens with zero attached hydrogens (tertiary/aromatic N) is 2. The maximum absolute atomic E-state index is 12.5. The van der Waals surface area contributed by atoms with E-state index in [4.69, 9.17) is 9.63 Å². The van der Waals surface area contributed by atoms with Gasteiger partial charge in [-0.1, -0.05) is 5.16 Å². The van der Waals surface area contributed by atoms with Crippen molar-refractivity contribution < 1.29 is 36.7 Å². The lowest BCUT2D eigenvalue weighted by Crippen LogP contribution is -2.32. The highest BCUT2D eigenvalue weighted by atomic mass is 19.3. The van der Waals surface area contributed by atoms with E-state index >= 15 is 0 Å². The van der Waals surface area contributed by atoms with Crippen LogP contribution in [0.15, 0.2) is 4.52 Å². The summed E-state index contributed by atoms with van der Waals surface area (Å²) in [6, 6.07) is 0. The Bertz CT molecular complexity index is 439. The maximum atomic E-state index is 12.5. The largest absolute Gasteiger partial charge is 0.481 e. The second kappa shape index (κ2) is 7.17. The van der Waals surface area contributed by atoms with Crippen LogP contribution in [0, 0.1) is 0 Å². The molecule has 1 N–H and O–H groups in total. The molecule has 0 radical (unpaired) electrons. The van der Waals surface area contributed by atoms with E-state index in [2.05, 4.69) is 14.9 Å². The van der Waals surface area contributed by atoms with Crippen molar-refractivity contribution >= 4 is 5.97 Å². The Labute approximate surface area is 110 Å². The van der Waals surface area contributed by atoms with Gasteiger partial charge in [-0.05, 0) is 6.42 Å². The average molecular weight is 300 g/mol. The number of hydrogen-bond donors (Lipinski definition) is 1. The quantitative estimate of drug-likeness (QED) is 0.701. The van der Waals surface area contributed by atoms with Gasteiger partial charge < -0.3 is 14.4 Å². The second-order valence-corrected chi connectivity index (χ2v) is 3.91. The number of alkyl halides is 4. The van der Waals surface area contributed by atoms with E-state index in [0.717, 1.165) is 0 Å². The normalized spacial score (nSPS) is 12.1. The molecule has 1 heterocycles. The molecular formula is C10H12F4N2O4. The zero-order valence-corrected chi connectivity index (χ0v) is 10.2. The van der Waals surface area contributed by atoms with Crippen LogP contribution >= 0.6 is 0 Å². The van der Waals surface area contributed by atoms with Gasteiger partial charge in [0, 0.05) is 12.8 Å². The molecule has 0 atom stereocenters. The van der Waals surface area contributed by atoms with Gasteiger partial charge in [0.2, 0.25) is 5.89 Å². The Kier molecular flexibility index (Phi) is 5.86. The Hall–Kier alpha value is -1.71. The lowest BCUT2D eigenvalue weighted by Gasteiger charge is -2.14. The fourth-order valence-electron chi connectivity index (χ4n) is 1.18. The van der Waals surface area contributed by atoms with Gasteiger partial charge in [-0.2, -0.15) is 13.8 Å². The average Bonchev–Trinajstić information content (AvgIpc) is 2.76. The van der Waals surface area contributed by atoms with Gasteiger partial charge in [-0.25, -0.2) is 8.78 Å². The van der Waals surface area contributed by atoms with Crippen LogP contribution in [0.5, 0.6) is 0 Å². The maximum Gasteiger partial charge on any atom is 0.330 e. The molecule has 1 aromatic rings. The molecule has 20 heavy (non-hydrogen) atoms. The Morgan fingerprint density at radius 1 is 1.45 bits per heavy atom. The third-order valence-electron chi connectivity index (χ3n) is 2.14. The molecule has 0 unspecified atom stereocenters. The molecule has 0 amide bonds.